The van der Waals surface area contributed by atoms with Crippen molar-refractivity contribution in [2.24, 2.45) is 5.16 Å². The first-order valence-corrected chi connectivity index (χ1v) is 9.35. The molecule has 0 spiro atoms. The lowest BCUT2D eigenvalue weighted by Gasteiger charge is -2.24. The van der Waals surface area contributed by atoms with Crippen LogP contribution in [-0.2, 0) is 14.3 Å². The Morgan fingerprint density at radius 3 is 2.03 bits per heavy atom. The molecular formula is C20H18Cl2FNO6. The zero-order valence-electron chi connectivity index (χ0n) is 15.7. The molecule has 0 bridgehead atoms. The van der Waals surface area contributed by atoms with Crippen LogP contribution in [0.4, 0.5) is 4.39 Å². The number of hydrogen-bond donors (Lipinski definition) is 1. The Balaban J connectivity index is 2.07. The van der Waals surface area contributed by atoms with Crippen LogP contribution >= 0.6 is 23.2 Å². The number of nitrogens with zero attached hydrogens (tertiary/aromatic N) is 1. The minimum Gasteiger partial charge on any atom is -0.459 e. The average Bonchev–Trinajstić information content (AvgIpc) is 2.74. The highest BCUT2D eigenvalue weighted by atomic mass is 35.5. The minimum absolute atomic E-state index is 0.0886. The summed E-state index contributed by atoms with van der Waals surface area (Å²) in [7, 11) is 1.20. The van der Waals surface area contributed by atoms with Gasteiger partial charge in [0.15, 0.2) is 12.3 Å². The van der Waals surface area contributed by atoms with Crippen molar-refractivity contribution in [3.05, 3.63) is 69.7 Å². The molecule has 2 rings (SSSR count). The maximum atomic E-state index is 14.5. The molecule has 2 aromatic carbocycles. The van der Waals surface area contributed by atoms with Gasteiger partial charge in [0, 0.05) is 10.0 Å². The van der Waals surface area contributed by atoms with E-state index in [4.69, 9.17) is 32.7 Å². The summed E-state index contributed by atoms with van der Waals surface area (Å²) in [6, 6.07) is 11.5. The monoisotopic (exact) mass is 457 g/mol. The molecule has 0 fully saturated rings. The van der Waals surface area contributed by atoms with E-state index in [2.05, 4.69) is 9.99 Å². The predicted octanol–water partition coefficient (Wildman–Crippen LogP) is 3.71. The van der Waals surface area contributed by atoms with E-state index in [-0.39, 0.29) is 11.1 Å². The lowest BCUT2D eigenvalue weighted by molar-refractivity contribution is -0.0594. The first kappa shape index (κ1) is 23.6. The van der Waals surface area contributed by atoms with Crippen LogP contribution in [0.1, 0.15) is 20.7 Å². The van der Waals surface area contributed by atoms with Gasteiger partial charge in [-0.3, -0.25) is 0 Å². The van der Waals surface area contributed by atoms with E-state index < -0.39 is 36.9 Å². The Morgan fingerprint density at radius 1 is 1.03 bits per heavy atom. The SMILES string of the molecule is CO/N=C\[C@@H](F)[C@H](OC(=O)c1ccc(Cl)cc1)[C@H](O)COC(=O)c1ccc(Cl)cc1. The molecule has 7 nitrogen and oxygen atoms in total. The molecule has 0 aromatic heterocycles. The molecule has 10 heteroatoms. The van der Waals surface area contributed by atoms with E-state index in [1.807, 2.05) is 0 Å². The van der Waals surface area contributed by atoms with E-state index in [1.54, 1.807) is 0 Å². The van der Waals surface area contributed by atoms with Crippen molar-refractivity contribution in [1.82, 2.24) is 0 Å². The second kappa shape index (κ2) is 11.5. The molecule has 30 heavy (non-hydrogen) atoms. The summed E-state index contributed by atoms with van der Waals surface area (Å²) in [5.74, 6) is -1.68. The molecule has 0 saturated carbocycles. The zero-order chi connectivity index (χ0) is 22.1. The Labute approximate surface area is 181 Å². The quantitative estimate of drug-likeness (QED) is 0.350. The largest absolute Gasteiger partial charge is 0.459 e. The smallest absolute Gasteiger partial charge is 0.338 e. The van der Waals surface area contributed by atoms with Crippen LogP contribution in [-0.4, -0.2) is 55.4 Å². The number of hydrogen-bond acceptors (Lipinski definition) is 7. The summed E-state index contributed by atoms with van der Waals surface area (Å²) in [5.41, 5.74) is 0.268. The van der Waals surface area contributed by atoms with Gasteiger partial charge in [-0.2, -0.15) is 0 Å². The van der Waals surface area contributed by atoms with Gasteiger partial charge in [0.05, 0.1) is 17.3 Å². The second-order valence-electron chi connectivity index (χ2n) is 5.93. The molecule has 0 saturated heterocycles. The van der Waals surface area contributed by atoms with Gasteiger partial charge >= 0.3 is 11.9 Å². The highest BCUT2D eigenvalue weighted by Crippen LogP contribution is 2.16. The summed E-state index contributed by atoms with van der Waals surface area (Å²) in [6.45, 7) is -0.638. The number of alkyl halides is 1. The minimum atomic E-state index is -2.04. The standard InChI is InChI=1S/C20H18Cl2FNO6/c1-28-24-10-16(23)18(30-20(27)13-4-8-15(22)9-5-13)17(25)11-29-19(26)12-2-6-14(21)7-3-12/h2-10,16-18,25H,11H2,1H3/b24-10-/t16-,17-,18+/m1/s1. The van der Waals surface area contributed by atoms with Crippen molar-refractivity contribution in [2.75, 3.05) is 13.7 Å². The third kappa shape index (κ3) is 6.98. The number of oxime groups is 1. The number of ether oxygens (including phenoxy) is 2. The summed E-state index contributed by atoms with van der Waals surface area (Å²) in [6.07, 6.45) is -4.73. The molecule has 3 atom stereocenters. The number of halogens is 3. The fraction of sp³-hybridized carbons (Fsp3) is 0.250. The van der Waals surface area contributed by atoms with Crippen LogP contribution in [0, 0.1) is 0 Å². The first-order chi connectivity index (χ1) is 14.3. The summed E-state index contributed by atoms with van der Waals surface area (Å²) >= 11 is 11.5. The molecule has 0 aliphatic rings. The van der Waals surface area contributed by atoms with Gasteiger partial charge in [0.2, 0.25) is 0 Å². The highest BCUT2D eigenvalue weighted by Gasteiger charge is 2.33. The Kier molecular flexibility index (Phi) is 9.04. The molecule has 0 aliphatic heterocycles. The fourth-order valence-corrected chi connectivity index (χ4v) is 2.51. The number of benzene rings is 2. The van der Waals surface area contributed by atoms with Crippen molar-refractivity contribution >= 4 is 41.4 Å². The number of rotatable bonds is 9. The number of esters is 2. The lowest BCUT2D eigenvalue weighted by Crippen LogP contribution is -2.43. The van der Waals surface area contributed by atoms with Gasteiger partial charge in [-0.1, -0.05) is 28.4 Å². The summed E-state index contributed by atoms with van der Waals surface area (Å²) in [5, 5.41) is 14.4. The average molecular weight is 458 g/mol. The maximum Gasteiger partial charge on any atom is 0.338 e. The molecule has 2 aromatic rings. The van der Waals surface area contributed by atoms with Crippen LogP contribution in [0.5, 0.6) is 0 Å². The van der Waals surface area contributed by atoms with Crippen LogP contribution < -0.4 is 0 Å². The van der Waals surface area contributed by atoms with Gasteiger partial charge < -0.3 is 19.4 Å². The highest BCUT2D eigenvalue weighted by molar-refractivity contribution is 6.31. The lowest BCUT2D eigenvalue weighted by atomic mass is 10.1. The number of carbonyl (C=O) groups excluding carboxylic acids is 2. The Bertz CT molecular complexity index is 876. The van der Waals surface area contributed by atoms with Gasteiger partial charge in [0.25, 0.3) is 0 Å². The Morgan fingerprint density at radius 2 is 1.53 bits per heavy atom. The second-order valence-corrected chi connectivity index (χ2v) is 6.80. The van der Waals surface area contributed by atoms with Crippen LogP contribution in [0.25, 0.3) is 0 Å². The summed E-state index contributed by atoms with van der Waals surface area (Å²) < 4.78 is 24.6. The summed E-state index contributed by atoms with van der Waals surface area (Å²) in [4.78, 5) is 28.8. The Hall–Kier alpha value is -2.68. The molecule has 1 N–H and O–H groups in total. The van der Waals surface area contributed by atoms with E-state index in [0.717, 1.165) is 0 Å². The predicted molar refractivity (Wildman–Crippen MR) is 109 cm³/mol. The van der Waals surface area contributed by atoms with Crippen LogP contribution in [0.15, 0.2) is 53.7 Å². The van der Waals surface area contributed by atoms with E-state index in [0.29, 0.717) is 16.3 Å². The molecule has 160 valence electrons. The number of aliphatic hydroxyl groups excluding tert-OH is 1. The third-order valence-electron chi connectivity index (χ3n) is 3.79. The van der Waals surface area contributed by atoms with Crippen molar-refractivity contribution in [2.45, 2.75) is 18.4 Å². The van der Waals surface area contributed by atoms with E-state index >= 15 is 0 Å². The fourth-order valence-electron chi connectivity index (χ4n) is 2.26. The molecular weight excluding hydrogens is 440 g/mol. The van der Waals surface area contributed by atoms with Crippen molar-refractivity contribution in [3.8, 4) is 0 Å². The molecule has 0 heterocycles. The van der Waals surface area contributed by atoms with Gasteiger partial charge in [-0.15, -0.1) is 0 Å². The zero-order valence-corrected chi connectivity index (χ0v) is 17.2. The van der Waals surface area contributed by atoms with Crippen LogP contribution in [0.3, 0.4) is 0 Å². The normalized spacial score (nSPS) is 14.0. The molecule has 0 aliphatic carbocycles. The molecule has 0 unspecified atom stereocenters. The van der Waals surface area contributed by atoms with Gasteiger partial charge in [-0.05, 0) is 48.5 Å². The van der Waals surface area contributed by atoms with E-state index in [9.17, 15) is 19.1 Å². The molecule has 0 amide bonds. The topological polar surface area (TPSA) is 94.4 Å². The van der Waals surface area contributed by atoms with Crippen molar-refractivity contribution < 1.29 is 33.4 Å². The van der Waals surface area contributed by atoms with Crippen molar-refractivity contribution in [1.29, 1.82) is 0 Å². The van der Waals surface area contributed by atoms with Gasteiger partial charge in [-0.25, -0.2) is 14.0 Å². The molecule has 0 radical (unpaired) electrons. The number of aliphatic hydroxyl groups is 1. The van der Waals surface area contributed by atoms with Crippen LogP contribution in [0.2, 0.25) is 10.0 Å². The number of carbonyl (C=O) groups is 2. The third-order valence-corrected chi connectivity index (χ3v) is 4.29. The maximum absolute atomic E-state index is 14.5. The van der Waals surface area contributed by atoms with Crippen molar-refractivity contribution in [3.63, 3.8) is 0 Å². The van der Waals surface area contributed by atoms with Gasteiger partial charge in [0.1, 0.15) is 19.8 Å². The van der Waals surface area contributed by atoms with E-state index in [1.165, 1.54) is 55.6 Å². The first-order valence-electron chi connectivity index (χ1n) is 8.60.